The van der Waals surface area contributed by atoms with Crippen molar-refractivity contribution >= 4 is 33.7 Å². The molecule has 54 heavy (non-hydrogen) atoms. The largest absolute Gasteiger partial charge is 0.480 e. The summed E-state index contributed by atoms with van der Waals surface area (Å²) < 4.78 is 76.3. The van der Waals surface area contributed by atoms with Crippen LogP contribution < -0.4 is 4.74 Å². The predicted octanol–water partition coefficient (Wildman–Crippen LogP) is 7.94. The second-order valence-electron chi connectivity index (χ2n) is 14.0. The molecule has 278 valence electrons. The molecular formula is C40H35F4N5O5. The van der Waals surface area contributed by atoms with E-state index in [1.54, 1.807) is 41.3 Å². The molecule has 0 amide bonds. The van der Waals surface area contributed by atoms with E-state index < -0.39 is 41.6 Å². The summed E-state index contributed by atoms with van der Waals surface area (Å²) in [6, 6.07) is 12.8. The molecule has 3 aliphatic rings. The maximum atomic E-state index is 15.8. The lowest BCUT2D eigenvalue weighted by molar-refractivity contribution is -0.142. The van der Waals surface area contributed by atoms with Crippen LogP contribution in [0.25, 0.3) is 27.8 Å². The van der Waals surface area contributed by atoms with E-state index in [0.29, 0.717) is 36.1 Å². The van der Waals surface area contributed by atoms with Crippen molar-refractivity contribution in [3.8, 4) is 11.8 Å². The quantitative estimate of drug-likeness (QED) is 0.141. The number of alkyl halides is 2. The van der Waals surface area contributed by atoms with Gasteiger partial charge in [-0.2, -0.15) is 18.4 Å². The molecule has 14 heteroatoms. The highest BCUT2D eigenvalue weighted by Crippen LogP contribution is 2.50. The third-order valence-electron chi connectivity index (χ3n) is 10.9. The zero-order valence-corrected chi connectivity index (χ0v) is 29.2. The van der Waals surface area contributed by atoms with Crippen LogP contribution >= 0.6 is 0 Å². The zero-order valence-electron chi connectivity index (χ0n) is 29.2. The molecule has 0 bridgehead atoms. The summed E-state index contributed by atoms with van der Waals surface area (Å²) in [5, 5.41) is 19.7. The van der Waals surface area contributed by atoms with Crippen LogP contribution in [0.4, 0.5) is 17.6 Å². The van der Waals surface area contributed by atoms with Gasteiger partial charge in [-0.1, -0.05) is 43.4 Å². The summed E-state index contributed by atoms with van der Waals surface area (Å²) in [6.45, 7) is 0.882. The number of fused-ring (bicyclic) bond motifs is 2. The van der Waals surface area contributed by atoms with Gasteiger partial charge in [0.1, 0.15) is 28.2 Å². The van der Waals surface area contributed by atoms with Crippen molar-refractivity contribution in [2.45, 2.75) is 63.8 Å². The Hall–Kier alpha value is -5.52. The van der Waals surface area contributed by atoms with E-state index in [0.717, 1.165) is 25.9 Å². The molecule has 2 unspecified atom stereocenters. The van der Waals surface area contributed by atoms with E-state index in [2.05, 4.69) is 6.07 Å². The van der Waals surface area contributed by atoms with Crippen LogP contribution in [-0.2, 0) is 23.3 Å². The van der Waals surface area contributed by atoms with Gasteiger partial charge in [0, 0.05) is 36.2 Å². The summed E-state index contributed by atoms with van der Waals surface area (Å²) in [7, 11) is 0. The Balaban J connectivity index is 1.29. The van der Waals surface area contributed by atoms with Crippen molar-refractivity contribution in [3.63, 3.8) is 0 Å². The van der Waals surface area contributed by atoms with Crippen molar-refractivity contribution in [2.75, 3.05) is 19.6 Å². The van der Waals surface area contributed by atoms with Gasteiger partial charge in [0.2, 0.25) is 17.6 Å². The molecule has 4 heterocycles. The number of nitriles is 1. The smallest absolute Gasteiger partial charge is 0.387 e. The number of carboxylic acid groups (broad SMARTS) is 1. The lowest BCUT2D eigenvalue weighted by Crippen LogP contribution is -2.36. The van der Waals surface area contributed by atoms with Crippen molar-refractivity contribution in [1.29, 1.82) is 5.26 Å². The average molecular weight is 742 g/mol. The van der Waals surface area contributed by atoms with Crippen LogP contribution in [0.15, 0.2) is 69.5 Å². The highest BCUT2D eigenvalue weighted by Gasteiger charge is 2.50. The van der Waals surface area contributed by atoms with Crippen LogP contribution in [0.5, 0.6) is 5.75 Å². The van der Waals surface area contributed by atoms with Crippen LogP contribution in [0.1, 0.15) is 66.6 Å². The van der Waals surface area contributed by atoms with Gasteiger partial charge < -0.3 is 18.7 Å². The monoisotopic (exact) mass is 741 g/mol. The highest BCUT2D eigenvalue weighted by molar-refractivity contribution is 5.81. The van der Waals surface area contributed by atoms with Crippen molar-refractivity contribution < 1.29 is 41.0 Å². The van der Waals surface area contributed by atoms with E-state index in [4.69, 9.17) is 23.5 Å². The third-order valence-corrected chi connectivity index (χ3v) is 10.9. The average Bonchev–Trinajstić information content (AvgIpc) is 3.98. The van der Waals surface area contributed by atoms with Crippen LogP contribution in [0, 0.1) is 28.9 Å². The maximum Gasteiger partial charge on any atom is 0.387 e. The van der Waals surface area contributed by atoms with E-state index in [-0.39, 0.29) is 63.9 Å². The second-order valence-corrected chi connectivity index (χ2v) is 14.0. The van der Waals surface area contributed by atoms with Gasteiger partial charge in [-0.15, -0.1) is 0 Å². The number of allylic oxidation sites excluding steroid dienone is 4. The number of rotatable bonds is 10. The zero-order chi connectivity index (χ0) is 37.7. The lowest BCUT2D eigenvalue weighted by Gasteiger charge is -2.35. The van der Waals surface area contributed by atoms with Gasteiger partial charge in [0.25, 0.3) is 0 Å². The van der Waals surface area contributed by atoms with Crippen LogP contribution in [0.2, 0.25) is 0 Å². The van der Waals surface area contributed by atoms with Gasteiger partial charge in [0.05, 0.1) is 11.6 Å². The predicted molar refractivity (Wildman–Crippen MR) is 188 cm³/mol. The molecule has 1 N–H and O–H groups in total. The molecule has 3 atom stereocenters. The number of halogens is 4. The lowest BCUT2D eigenvalue weighted by atomic mass is 9.67. The van der Waals surface area contributed by atoms with E-state index in [1.165, 1.54) is 18.2 Å². The number of ether oxygens (including phenoxy) is 1. The van der Waals surface area contributed by atoms with E-state index in [1.807, 2.05) is 17.9 Å². The number of oxazole rings is 2. The molecular weight excluding hydrogens is 706 g/mol. The highest BCUT2D eigenvalue weighted by atomic mass is 19.3. The van der Waals surface area contributed by atoms with Crippen LogP contribution in [-0.4, -0.2) is 63.1 Å². The van der Waals surface area contributed by atoms with Crippen LogP contribution in [0.3, 0.4) is 0 Å². The minimum absolute atomic E-state index is 0.00611. The molecule has 5 aromatic rings. The fourth-order valence-electron chi connectivity index (χ4n) is 8.15. The minimum Gasteiger partial charge on any atom is -0.480 e. The maximum absolute atomic E-state index is 15.8. The fourth-order valence-corrected chi connectivity index (χ4v) is 8.15. The molecule has 3 aromatic carbocycles. The number of aromatic nitrogens is 2. The van der Waals surface area contributed by atoms with Gasteiger partial charge in [-0.05, 0) is 74.7 Å². The summed E-state index contributed by atoms with van der Waals surface area (Å²) in [4.78, 5) is 25.3. The fraction of sp³-hybridized carbons (Fsp3) is 0.350. The third kappa shape index (κ3) is 6.11. The Morgan fingerprint density at radius 3 is 2.52 bits per heavy atom. The number of carboxylic acids is 1. The van der Waals surface area contributed by atoms with Crippen molar-refractivity contribution in [1.82, 2.24) is 19.8 Å². The number of carbonyl (C=O) groups is 1. The Morgan fingerprint density at radius 2 is 1.76 bits per heavy atom. The molecule has 2 aliphatic heterocycles. The van der Waals surface area contributed by atoms with Gasteiger partial charge in [-0.3, -0.25) is 14.6 Å². The minimum atomic E-state index is -3.18. The molecule has 1 aliphatic carbocycles. The number of aliphatic carboxylic acids is 1. The molecule has 2 aromatic heterocycles. The normalized spacial score (nSPS) is 22.1. The van der Waals surface area contributed by atoms with E-state index >= 15 is 8.78 Å². The molecule has 8 rings (SSSR count). The van der Waals surface area contributed by atoms with Gasteiger partial charge in [0.15, 0.2) is 17.0 Å². The molecule has 2 saturated heterocycles. The number of hydrogen-bond acceptors (Lipinski definition) is 9. The van der Waals surface area contributed by atoms with Gasteiger partial charge >= 0.3 is 12.6 Å². The van der Waals surface area contributed by atoms with Gasteiger partial charge in [-0.25, -0.2) is 14.4 Å². The summed E-state index contributed by atoms with van der Waals surface area (Å²) in [5.74, 6) is -4.10. The number of hydrogen-bond donors (Lipinski definition) is 1. The second kappa shape index (κ2) is 14.0. The SMILES string of the molecule is CC1C(c2ccccc2C#N)=CC=CC1(c1nc2cc(CN3CCC[C@H]3C(=O)O)c(OC(F)F)cc2o1)c1nc2cc(CN3CCCC3)c(F)c(F)c2o1. The molecule has 10 nitrogen and oxygen atoms in total. The molecule has 0 spiro atoms. The van der Waals surface area contributed by atoms with E-state index in [9.17, 15) is 23.9 Å². The summed E-state index contributed by atoms with van der Waals surface area (Å²) in [6.07, 6.45) is 8.28. The summed E-state index contributed by atoms with van der Waals surface area (Å²) >= 11 is 0. The standard InChI is InChI=1S/C40H35F4N5O5/c1-22-26(27-9-3-2-8-23(27)19-45)10-6-12-40(22,38-47-29-17-25(20-48-13-4-5-14-48)33(41)34(42)35(29)54-38)37-46-28-16-24(21-49-15-7-11-30(49)36(50)51)31(53-39(43)44)18-32(28)52-37/h2-3,6,8-10,12,16-18,22,30,39H,4-5,7,11,13-15,20-21H2,1H3,(H,50,51)/t22?,30-,40?/m0/s1. The first-order valence-electron chi connectivity index (χ1n) is 17.8. The Kier molecular flexibility index (Phi) is 9.23. The van der Waals surface area contributed by atoms with Crippen molar-refractivity contribution in [2.24, 2.45) is 5.92 Å². The first-order valence-corrected chi connectivity index (χ1v) is 17.8. The summed E-state index contributed by atoms with van der Waals surface area (Å²) in [5.41, 5.74) is 0.648. The Labute approximate surface area is 306 Å². The first-order chi connectivity index (χ1) is 26.1. The molecule has 0 saturated carbocycles. The first kappa shape index (κ1) is 35.5. The topological polar surface area (TPSA) is 129 Å². The number of benzene rings is 3. The Bertz CT molecular complexity index is 2380. The van der Waals surface area contributed by atoms with Crippen molar-refractivity contribution in [3.05, 3.63) is 106 Å². The number of likely N-dealkylation sites (tertiary alicyclic amines) is 2. The molecule has 0 radical (unpaired) electrons. The Morgan fingerprint density at radius 1 is 1.02 bits per heavy atom. The molecule has 2 fully saturated rings. The number of nitrogens with zero attached hydrogens (tertiary/aromatic N) is 5.